The first-order valence-corrected chi connectivity index (χ1v) is 8.86. The normalized spacial score (nSPS) is 10.8. The lowest BCUT2D eigenvalue weighted by Crippen LogP contribution is -2.24. The molecule has 1 N–H and O–H groups in total. The number of amides is 1. The second kappa shape index (κ2) is 9.05. The highest BCUT2D eigenvalue weighted by molar-refractivity contribution is 6.32. The van der Waals surface area contributed by atoms with Crippen LogP contribution < -0.4 is 14.9 Å². The Labute approximate surface area is 167 Å². The van der Waals surface area contributed by atoms with Gasteiger partial charge in [-0.25, -0.2) is 10.1 Å². The molecule has 1 aromatic heterocycles. The summed E-state index contributed by atoms with van der Waals surface area (Å²) < 4.78 is 12.2. The number of nitrogens with zero attached hydrogens (tertiary/aromatic N) is 3. The molecular formula is C20H19ClN4O3. The molecule has 0 radical (unpaired) electrons. The molecule has 2 aromatic carbocycles. The number of hydrogen-bond donors (Lipinski definition) is 1. The molecule has 0 aliphatic heterocycles. The Morgan fingerprint density at radius 3 is 2.57 bits per heavy atom. The Kier molecular flexibility index (Phi) is 6.29. The van der Waals surface area contributed by atoms with Gasteiger partial charge >= 0.3 is 0 Å². The third-order valence-electron chi connectivity index (χ3n) is 3.86. The van der Waals surface area contributed by atoms with Gasteiger partial charge in [-0.1, -0.05) is 41.9 Å². The van der Waals surface area contributed by atoms with E-state index < -0.39 is 5.91 Å². The van der Waals surface area contributed by atoms with Crippen LogP contribution in [-0.4, -0.2) is 35.6 Å². The SMILES string of the molecule is COc1ccccc1OCC(=O)N/N=C\c1c(C)nn(-c2ccccc2)c1Cl. The number of benzene rings is 2. The van der Waals surface area contributed by atoms with Gasteiger partial charge in [-0.3, -0.25) is 4.79 Å². The van der Waals surface area contributed by atoms with Crippen molar-refractivity contribution in [2.24, 2.45) is 5.10 Å². The van der Waals surface area contributed by atoms with E-state index in [9.17, 15) is 4.79 Å². The molecule has 0 fully saturated rings. The van der Waals surface area contributed by atoms with Gasteiger partial charge in [0.05, 0.1) is 30.3 Å². The third-order valence-corrected chi connectivity index (χ3v) is 4.22. The third kappa shape index (κ3) is 4.50. The Hall–Kier alpha value is -3.32. The summed E-state index contributed by atoms with van der Waals surface area (Å²) in [6.45, 7) is 1.62. The summed E-state index contributed by atoms with van der Waals surface area (Å²) in [6, 6.07) is 16.6. The Bertz CT molecular complexity index is 986. The van der Waals surface area contributed by atoms with Crippen LogP contribution in [0.15, 0.2) is 59.7 Å². The molecule has 3 aromatic rings. The summed E-state index contributed by atoms with van der Waals surface area (Å²) in [5.41, 5.74) is 4.56. The molecular weight excluding hydrogens is 380 g/mol. The van der Waals surface area contributed by atoms with Crippen LogP contribution in [0.1, 0.15) is 11.3 Å². The molecule has 0 atom stereocenters. The fourth-order valence-corrected chi connectivity index (χ4v) is 2.80. The van der Waals surface area contributed by atoms with E-state index in [-0.39, 0.29) is 6.61 Å². The molecule has 28 heavy (non-hydrogen) atoms. The highest BCUT2D eigenvalue weighted by Crippen LogP contribution is 2.25. The molecule has 0 aliphatic carbocycles. The predicted octanol–water partition coefficient (Wildman–Crippen LogP) is 3.37. The molecule has 8 heteroatoms. The molecule has 0 saturated carbocycles. The maximum Gasteiger partial charge on any atom is 0.277 e. The van der Waals surface area contributed by atoms with Gasteiger partial charge < -0.3 is 9.47 Å². The van der Waals surface area contributed by atoms with Gasteiger partial charge in [-0.15, -0.1) is 0 Å². The average molecular weight is 399 g/mol. The van der Waals surface area contributed by atoms with Crippen molar-refractivity contribution in [2.75, 3.05) is 13.7 Å². The van der Waals surface area contributed by atoms with Gasteiger partial charge in [0.1, 0.15) is 5.15 Å². The lowest BCUT2D eigenvalue weighted by molar-refractivity contribution is -0.123. The van der Waals surface area contributed by atoms with Gasteiger partial charge in [-0.05, 0) is 31.2 Å². The van der Waals surface area contributed by atoms with Gasteiger partial charge in [0.25, 0.3) is 5.91 Å². The largest absolute Gasteiger partial charge is 0.493 e. The summed E-state index contributed by atoms with van der Waals surface area (Å²) in [6.07, 6.45) is 1.46. The fraction of sp³-hybridized carbons (Fsp3) is 0.150. The second-order valence-electron chi connectivity index (χ2n) is 5.77. The number of aryl methyl sites for hydroxylation is 1. The van der Waals surface area contributed by atoms with E-state index in [0.29, 0.717) is 27.9 Å². The van der Waals surface area contributed by atoms with Crippen LogP contribution in [0.25, 0.3) is 5.69 Å². The van der Waals surface area contributed by atoms with Crippen LogP contribution in [0.3, 0.4) is 0 Å². The lowest BCUT2D eigenvalue weighted by Gasteiger charge is -2.09. The van der Waals surface area contributed by atoms with Crippen molar-refractivity contribution in [1.82, 2.24) is 15.2 Å². The van der Waals surface area contributed by atoms with Gasteiger partial charge in [0.15, 0.2) is 18.1 Å². The van der Waals surface area contributed by atoms with Crippen molar-refractivity contribution in [1.29, 1.82) is 0 Å². The van der Waals surface area contributed by atoms with Crippen LogP contribution in [0, 0.1) is 6.92 Å². The number of carbonyl (C=O) groups excluding carboxylic acids is 1. The summed E-state index contributed by atoms with van der Waals surface area (Å²) in [5, 5.41) is 8.78. The molecule has 144 valence electrons. The molecule has 0 saturated heterocycles. The van der Waals surface area contributed by atoms with Gasteiger partial charge in [0.2, 0.25) is 0 Å². The number of methoxy groups -OCH3 is 1. The van der Waals surface area contributed by atoms with Crippen LogP contribution in [0.2, 0.25) is 5.15 Å². The number of rotatable bonds is 7. The van der Waals surface area contributed by atoms with Crippen molar-refractivity contribution in [3.63, 3.8) is 0 Å². The van der Waals surface area contributed by atoms with Crippen molar-refractivity contribution >= 4 is 23.7 Å². The standard InChI is InChI=1S/C20H19ClN4O3/c1-14-16(20(21)25(24-14)15-8-4-3-5-9-15)12-22-23-19(26)13-28-18-11-7-6-10-17(18)27-2/h3-12H,13H2,1-2H3,(H,23,26)/b22-12-. The van der Waals surface area contributed by atoms with Crippen LogP contribution in [0.5, 0.6) is 11.5 Å². The fourth-order valence-electron chi connectivity index (χ4n) is 2.48. The van der Waals surface area contributed by atoms with E-state index in [0.717, 1.165) is 5.69 Å². The topological polar surface area (TPSA) is 77.7 Å². The number of hydrazone groups is 1. The number of carbonyl (C=O) groups is 1. The van der Waals surface area contributed by atoms with E-state index >= 15 is 0 Å². The number of para-hydroxylation sites is 3. The maximum atomic E-state index is 12.0. The molecule has 0 bridgehead atoms. The van der Waals surface area contributed by atoms with Crippen LogP contribution >= 0.6 is 11.6 Å². The number of hydrogen-bond acceptors (Lipinski definition) is 5. The predicted molar refractivity (Wildman–Crippen MR) is 108 cm³/mol. The Morgan fingerprint density at radius 2 is 1.86 bits per heavy atom. The summed E-state index contributed by atoms with van der Waals surface area (Å²) >= 11 is 6.41. The molecule has 3 rings (SSSR count). The molecule has 0 spiro atoms. The summed E-state index contributed by atoms with van der Waals surface area (Å²) in [5.74, 6) is 0.619. The Morgan fingerprint density at radius 1 is 1.18 bits per heavy atom. The molecule has 0 aliphatic rings. The Balaban J connectivity index is 1.62. The van der Waals surface area contributed by atoms with Crippen molar-refractivity contribution in [3.8, 4) is 17.2 Å². The summed E-state index contributed by atoms with van der Waals surface area (Å²) in [4.78, 5) is 12.0. The lowest BCUT2D eigenvalue weighted by atomic mass is 10.3. The second-order valence-corrected chi connectivity index (χ2v) is 6.13. The number of aromatic nitrogens is 2. The highest BCUT2D eigenvalue weighted by atomic mass is 35.5. The van der Waals surface area contributed by atoms with E-state index in [1.165, 1.54) is 13.3 Å². The van der Waals surface area contributed by atoms with E-state index in [1.807, 2.05) is 43.3 Å². The minimum atomic E-state index is -0.411. The van der Waals surface area contributed by atoms with E-state index in [1.54, 1.807) is 22.9 Å². The quantitative estimate of drug-likeness (QED) is 0.489. The minimum absolute atomic E-state index is 0.201. The van der Waals surface area contributed by atoms with Crippen molar-refractivity contribution in [2.45, 2.75) is 6.92 Å². The average Bonchev–Trinajstić information content (AvgIpc) is 3.01. The first kappa shape index (κ1) is 19.4. The van der Waals surface area contributed by atoms with Crippen LogP contribution in [0.4, 0.5) is 0 Å². The zero-order chi connectivity index (χ0) is 19.9. The molecule has 1 amide bonds. The number of ether oxygens (including phenoxy) is 2. The zero-order valence-corrected chi connectivity index (χ0v) is 16.2. The van der Waals surface area contributed by atoms with Crippen molar-refractivity contribution in [3.05, 3.63) is 71.0 Å². The highest BCUT2D eigenvalue weighted by Gasteiger charge is 2.13. The molecule has 1 heterocycles. The smallest absolute Gasteiger partial charge is 0.277 e. The number of nitrogens with one attached hydrogen (secondary N) is 1. The number of halogens is 1. The van der Waals surface area contributed by atoms with E-state index in [2.05, 4.69) is 15.6 Å². The van der Waals surface area contributed by atoms with E-state index in [4.69, 9.17) is 21.1 Å². The van der Waals surface area contributed by atoms with Gasteiger partial charge in [0, 0.05) is 0 Å². The van der Waals surface area contributed by atoms with Crippen LogP contribution in [-0.2, 0) is 4.79 Å². The first-order valence-electron chi connectivity index (χ1n) is 8.48. The maximum absolute atomic E-state index is 12.0. The zero-order valence-electron chi connectivity index (χ0n) is 15.4. The van der Waals surface area contributed by atoms with Crippen molar-refractivity contribution < 1.29 is 14.3 Å². The first-order chi connectivity index (χ1) is 13.6. The minimum Gasteiger partial charge on any atom is -0.493 e. The molecule has 0 unspecified atom stereocenters. The monoisotopic (exact) mass is 398 g/mol. The van der Waals surface area contributed by atoms with Gasteiger partial charge in [-0.2, -0.15) is 10.2 Å². The molecule has 7 nitrogen and oxygen atoms in total. The summed E-state index contributed by atoms with van der Waals surface area (Å²) in [7, 11) is 1.54.